The monoisotopic (exact) mass is 339 g/mol. The van der Waals surface area contributed by atoms with Gasteiger partial charge in [0, 0.05) is 37.6 Å². The van der Waals surface area contributed by atoms with Crippen molar-refractivity contribution in [3.05, 3.63) is 47.2 Å². The molecule has 0 aromatic heterocycles. The van der Waals surface area contributed by atoms with Gasteiger partial charge in [0.15, 0.2) is 5.84 Å². The number of amides is 2. The van der Waals surface area contributed by atoms with Crippen molar-refractivity contribution in [2.75, 3.05) is 27.2 Å². The fraction of sp³-hybridized carbons (Fsp3) is 0.278. The van der Waals surface area contributed by atoms with Gasteiger partial charge in [-0.2, -0.15) is 0 Å². The van der Waals surface area contributed by atoms with Gasteiger partial charge in [0.1, 0.15) is 12.4 Å². The lowest BCUT2D eigenvalue weighted by Crippen LogP contribution is -2.38. The van der Waals surface area contributed by atoms with Crippen molar-refractivity contribution in [1.29, 1.82) is 5.41 Å². The van der Waals surface area contributed by atoms with Gasteiger partial charge in [0.05, 0.1) is 13.1 Å². The van der Waals surface area contributed by atoms with E-state index in [4.69, 9.17) is 10.1 Å². The standard InChI is InChI=1S/C18H21N5O2/c1-20-10-15-14(5-6-22-17(15)19)12-3-4-16-13(9-12)11-23(7-8-25-16)18(24)21-2/h3-6,9-10,19-20H,7-8,11H2,1-2H3,(H,21,24)/b15-10-,19-17?. The molecule has 2 heterocycles. The second-order valence-corrected chi connectivity index (χ2v) is 5.70. The Labute approximate surface area is 146 Å². The lowest BCUT2D eigenvalue weighted by molar-refractivity contribution is 0.190. The Morgan fingerprint density at radius 1 is 1.40 bits per heavy atom. The number of allylic oxidation sites excluding steroid dienone is 1. The van der Waals surface area contributed by atoms with E-state index in [-0.39, 0.29) is 11.9 Å². The van der Waals surface area contributed by atoms with Crippen LogP contribution in [-0.4, -0.2) is 50.2 Å². The number of carbonyl (C=O) groups is 1. The first-order valence-electron chi connectivity index (χ1n) is 8.08. The summed E-state index contributed by atoms with van der Waals surface area (Å²) in [6, 6.07) is 5.78. The maximum Gasteiger partial charge on any atom is 0.317 e. The number of benzene rings is 1. The van der Waals surface area contributed by atoms with Crippen LogP contribution < -0.4 is 15.4 Å². The predicted molar refractivity (Wildman–Crippen MR) is 98.1 cm³/mol. The second-order valence-electron chi connectivity index (χ2n) is 5.70. The van der Waals surface area contributed by atoms with E-state index in [0.29, 0.717) is 19.7 Å². The van der Waals surface area contributed by atoms with Crippen LogP contribution in [0.25, 0.3) is 5.57 Å². The molecule has 0 fully saturated rings. The van der Waals surface area contributed by atoms with E-state index in [0.717, 1.165) is 28.0 Å². The molecule has 0 unspecified atom stereocenters. The Hall–Kier alpha value is -3.09. The van der Waals surface area contributed by atoms with Crippen molar-refractivity contribution in [2.45, 2.75) is 6.54 Å². The minimum atomic E-state index is -0.122. The summed E-state index contributed by atoms with van der Waals surface area (Å²) in [5.74, 6) is 1.000. The number of fused-ring (bicyclic) bond motifs is 1. The van der Waals surface area contributed by atoms with E-state index in [1.807, 2.05) is 24.3 Å². The summed E-state index contributed by atoms with van der Waals surface area (Å²) >= 11 is 0. The van der Waals surface area contributed by atoms with Crippen LogP contribution in [-0.2, 0) is 6.54 Å². The average molecular weight is 339 g/mol. The third-order valence-electron chi connectivity index (χ3n) is 4.13. The normalized spacial score (nSPS) is 18.2. The largest absolute Gasteiger partial charge is 0.491 e. The third-order valence-corrected chi connectivity index (χ3v) is 4.13. The van der Waals surface area contributed by atoms with Gasteiger partial charge in [0.25, 0.3) is 0 Å². The molecule has 1 aromatic rings. The number of nitrogens with zero attached hydrogens (tertiary/aromatic N) is 2. The maximum absolute atomic E-state index is 12.0. The number of nitrogens with one attached hydrogen (secondary N) is 3. The van der Waals surface area contributed by atoms with Crippen molar-refractivity contribution >= 4 is 23.7 Å². The van der Waals surface area contributed by atoms with Crippen LogP contribution >= 0.6 is 0 Å². The molecule has 0 saturated carbocycles. The van der Waals surface area contributed by atoms with E-state index in [2.05, 4.69) is 15.6 Å². The molecule has 0 radical (unpaired) electrons. The van der Waals surface area contributed by atoms with Gasteiger partial charge < -0.3 is 20.3 Å². The number of urea groups is 1. The van der Waals surface area contributed by atoms with Crippen molar-refractivity contribution in [1.82, 2.24) is 15.5 Å². The summed E-state index contributed by atoms with van der Waals surface area (Å²) in [6.45, 7) is 1.48. The molecule has 0 saturated heterocycles. The molecule has 0 spiro atoms. The van der Waals surface area contributed by atoms with Gasteiger partial charge in [-0.05, 0) is 29.3 Å². The first-order valence-corrected chi connectivity index (χ1v) is 8.08. The molecule has 0 atom stereocenters. The summed E-state index contributed by atoms with van der Waals surface area (Å²) in [4.78, 5) is 17.7. The van der Waals surface area contributed by atoms with Crippen molar-refractivity contribution in [2.24, 2.45) is 4.99 Å². The number of aliphatic imine (C=N–C) groups is 1. The molecule has 1 aromatic carbocycles. The molecule has 7 heteroatoms. The number of carbonyl (C=O) groups excluding carboxylic acids is 1. The van der Waals surface area contributed by atoms with E-state index in [9.17, 15) is 4.79 Å². The number of hydrogen-bond donors (Lipinski definition) is 3. The quantitative estimate of drug-likeness (QED) is 0.767. The smallest absolute Gasteiger partial charge is 0.317 e. The van der Waals surface area contributed by atoms with Gasteiger partial charge in [0.2, 0.25) is 0 Å². The lowest BCUT2D eigenvalue weighted by atomic mass is 9.94. The number of amidine groups is 1. The Balaban J connectivity index is 1.98. The molecule has 2 aliphatic rings. The highest BCUT2D eigenvalue weighted by Gasteiger charge is 2.21. The molecule has 2 amide bonds. The van der Waals surface area contributed by atoms with Crippen LogP contribution in [0.5, 0.6) is 5.75 Å². The molecular formula is C18H21N5O2. The van der Waals surface area contributed by atoms with Crippen LogP contribution in [0.4, 0.5) is 4.79 Å². The topological polar surface area (TPSA) is 89.8 Å². The molecule has 7 nitrogen and oxygen atoms in total. The van der Waals surface area contributed by atoms with Gasteiger partial charge in [-0.15, -0.1) is 0 Å². The Bertz CT molecular complexity index is 795. The highest BCUT2D eigenvalue weighted by Crippen LogP contribution is 2.31. The SMILES string of the molecule is CN/C=C1\C(=N)N=CC=C1c1ccc2c(c1)CN(C(=O)NC)CCO2. The first-order chi connectivity index (χ1) is 12.1. The molecule has 3 rings (SSSR count). The minimum Gasteiger partial charge on any atom is -0.491 e. The van der Waals surface area contributed by atoms with Gasteiger partial charge in [-0.1, -0.05) is 6.07 Å². The van der Waals surface area contributed by atoms with Gasteiger partial charge in [-0.3, -0.25) is 5.41 Å². The van der Waals surface area contributed by atoms with Crippen molar-refractivity contribution in [3.63, 3.8) is 0 Å². The highest BCUT2D eigenvalue weighted by atomic mass is 16.5. The Morgan fingerprint density at radius 3 is 3.00 bits per heavy atom. The Kier molecular flexibility index (Phi) is 4.83. The summed E-state index contributed by atoms with van der Waals surface area (Å²) in [5.41, 5.74) is 3.53. The van der Waals surface area contributed by atoms with Crippen LogP contribution in [0.15, 0.2) is 41.0 Å². The fourth-order valence-corrected chi connectivity index (χ4v) is 2.91. The first kappa shape index (κ1) is 16.8. The van der Waals surface area contributed by atoms with Crippen molar-refractivity contribution < 1.29 is 9.53 Å². The molecule has 3 N–H and O–H groups in total. The molecule has 0 aliphatic carbocycles. The molecule has 130 valence electrons. The fourth-order valence-electron chi connectivity index (χ4n) is 2.91. The maximum atomic E-state index is 12.0. The zero-order chi connectivity index (χ0) is 17.8. The van der Waals surface area contributed by atoms with E-state index in [1.54, 1.807) is 31.4 Å². The van der Waals surface area contributed by atoms with Crippen LogP contribution in [0.1, 0.15) is 11.1 Å². The summed E-state index contributed by atoms with van der Waals surface area (Å²) in [6.07, 6.45) is 5.28. The number of dihydropyridines is 1. The van der Waals surface area contributed by atoms with Crippen LogP contribution in [0.2, 0.25) is 0 Å². The summed E-state index contributed by atoms with van der Waals surface area (Å²) in [5, 5.41) is 13.7. The average Bonchev–Trinajstić information content (AvgIpc) is 2.84. The predicted octanol–water partition coefficient (Wildman–Crippen LogP) is 1.77. The Morgan fingerprint density at radius 2 is 2.24 bits per heavy atom. The van der Waals surface area contributed by atoms with E-state index < -0.39 is 0 Å². The number of ether oxygens (including phenoxy) is 1. The molecule has 2 aliphatic heterocycles. The lowest BCUT2D eigenvalue weighted by Gasteiger charge is -2.20. The third kappa shape index (κ3) is 3.40. The molecular weight excluding hydrogens is 318 g/mol. The highest BCUT2D eigenvalue weighted by molar-refractivity contribution is 6.18. The zero-order valence-corrected chi connectivity index (χ0v) is 14.3. The summed E-state index contributed by atoms with van der Waals surface area (Å²) in [7, 11) is 3.42. The number of rotatable bonds is 2. The van der Waals surface area contributed by atoms with Gasteiger partial charge in [-0.25, -0.2) is 9.79 Å². The summed E-state index contributed by atoms with van der Waals surface area (Å²) < 4.78 is 5.77. The zero-order valence-electron chi connectivity index (χ0n) is 14.3. The molecule has 25 heavy (non-hydrogen) atoms. The van der Waals surface area contributed by atoms with Crippen molar-refractivity contribution in [3.8, 4) is 5.75 Å². The van der Waals surface area contributed by atoms with Crippen LogP contribution in [0.3, 0.4) is 0 Å². The van der Waals surface area contributed by atoms with Crippen LogP contribution in [0, 0.1) is 5.41 Å². The van der Waals surface area contributed by atoms with E-state index >= 15 is 0 Å². The molecule has 0 bridgehead atoms. The minimum absolute atomic E-state index is 0.122. The van der Waals surface area contributed by atoms with Gasteiger partial charge >= 0.3 is 6.03 Å². The van der Waals surface area contributed by atoms with E-state index in [1.165, 1.54) is 0 Å². The second kappa shape index (κ2) is 7.21. The number of hydrogen-bond acceptors (Lipinski definition) is 4.